The molecule has 3 atom stereocenters. The number of aromatic nitrogens is 1. The summed E-state index contributed by atoms with van der Waals surface area (Å²) in [6, 6.07) is 8.31. The zero-order valence-electron chi connectivity index (χ0n) is 15.0. The molecule has 3 saturated carbocycles. The largest absolute Gasteiger partial charge is 0.444 e. The van der Waals surface area contributed by atoms with E-state index in [2.05, 4.69) is 55.3 Å². The Balaban J connectivity index is 1.32. The number of aryl methyl sites for hydroxylation is 1. The molecule has 0 amide bonds. The molecule has 0 unspecified atom stereocenters. The number of benzene rings is 1. The molecule has 1 aromatic carbocycles. The van der Waals surface area contributed by atoms with Crippen molar-refractivity contribution in [2.24, 2.45) is 23.2 Å². The van der Waals surface area contributed by atoms with E-state index in [4.69, 9.17) is 4.42 Å². The van der Waals surface area contributed by atoms with Gasteiger partial charge in [0.25, 0.3) is 0 Å². The SMILES string of the molecule is Cc1ccc(-c2nc(CNC[C@@H]3CC[C@H]4C[C@@H]3C4(C)C)co2)cc1. The molecule has 128 valence electrons. The Morgan fingerprint density at radius 3 is 2.71 bits per heavy atom. The minimum Gasteiger partial charge on any atom is -0.444 e. The van der Waals surface area contributed by atoms with Gasteiger partial charge in [-0.15, -0.1) is 0 Å². The van der Waals surface area contributed by atoms with E-state index in [-0.39, 0.29) is 0 Å². The van der Waals surface area contributed by atoms with E-state index in [1.54, 1.807) is 6.26 Å². The van der Waals surface area contributed by atoms with Crippen LogP contribution in [0.25, 0.3) is 11.5 Å². The molecule has 0 saturated heterocycles. The van der Waals surface area contributed by atoms with E-state index >= 15 is 0 Å². The first kappa shape index (κ1) is 15.9. The quantitative estimate of drug-likeness (QED) is 0.857. The number of fused-ring (bicyclic) bond motifs is 2. The Bertz CT molecular complexity index is 699. The van der Waals surface area contributed by atoms with Crippen LogP contribution >= 0.6 is 0 Å². The highest BCUT2D eigenvalue weighted by molar-refractivity contribution is 5.53. The van der Waals surface area contributed by atoms with Gasteiger partial charge in [-0.05, 0) is 68.0 Å². The van der Waals surface area contributed by atoms with Gasteiger partial charge in [0.05, 0.1) is 5.69 Å². The second-order valence-corrected chi connectivity index (χ2v) is 8.34. The predicted octanol–water partition coefficient (Wildman–Crippen LogP) is 4.81. The van der Waals surface area contributed by atoms with E-state index < -0.39 is 0 Å². The summed E-state index contributed by atoms with van der Waals surface area (Å²) in [7, 11) is 0. The molecule has 0 spiro atoms. The van der Waals surface area contributed by atoms with Gasteiger partial charge < -0.3 is 9.73 Å². The highest BCUT2D eigenvalue weighted by Crippen LogP contribution is 2.61. The monoisotopic (exact) mass is 324 g/mol. The van der Waals surface area contributed by atoms with Gasteiger partial charge in [-0.3, -0.25) is 0 Å². The van der Waals surface area contributed by atoms with Gasteiger partial charge in [0.1, 0.15) is 6.26 Å². The minimum atomic E-state index is 0.567. The van der Waals surface area contributed by atoms with Crippen molar-refractivity contribution in [3.05, 3.63) is 41.8 Å². The average Bonchev–Trinajstić information content (AvgIpc) is 3.04. The van der Waals surface area contributed by atoms with Gasteiger partial charge >= 0.3 is 0 Å². The highest BCUT2D eigenvalue weighted by atomic mass is 16.3. The predicted molar refractivity (Wildman–Crippen MR) is 96.5 cm³/mol. The summed E-state index contributed by atoms with van der Waals surface area (Å²) in [5.74, 6) is 3.43. The van der Waals surface area contributed by atoms with Crippen molar-refractivity contribution < 1.29 is 4.42 Å². The topological polar surface area (TPSA) is 38.1 Å². The average molecular weight is 324 g/mol. The molecule has 0 radical (unpaired) electrons. The lowest BCUT2D eigenvalue weighted by atomic mass is 9.45. The van der Waals surface area contributed by atoms with Crippen molar-refractivity contribution in [1.29, 1.82) is 0 Å². The smallest absolute Gasteiger partial charge is 0.226 e. The summed E-state index contributed by atoms with van der Waals surface area (Å²) in [6.07, 6.45) is 6.03. The highest BCUT2D eigenvalue weighted by Gasteiger charge is 2.53. The van der Waals surface area contributed by atoms with E-state index in [0.717, 1.165) is 42.1 Å². The lowest BCUT2D eigenvalue weighted by molar-refractivity contribution is -0.103. The zero-order chi connectivity index (χ0) is 16.7. The van der Waals surface area contributed by atoms with Crippen molar-refractivity contribution in [2.45, 2.75) is 46.6 Å². The molecular formula is C21H28N2O. The third-order valence-corrected chi connectivity index (χ3v) is 6.56. The number of nitrogens with one attached hydrogen (secondary N) is 1. The molecule has 3 fully saturated rings. The van der Waals surface area contributed by atoms with E-state index in [0.29, 0.717) is 11.3 Å². The van der Waals surface area contributed by atoms with Crippen LogP contribution in [0.15, 0.2) is 34.9 Å². The van der Waals surface area contributed by atoms with Crippen molar-refractivity contribution >= 4 is 0 Å². The summed E-state index contributed by atoms with van der Waals surface area (Å²) in [5, 5.41) is 3.62. The maximum absolute atomic E-state index is 5.64. The molecule has 2 bridgehead atoms. The van der Waals surface area contributed by atoms with Gasteiger partial charge in [0.15, 0.2) is 0 Å². The summed E-state index contributed by atoms with van der Waals surface area (Å²) in [5.41, 5.74) is 3.85. The zero-order valence-corrected chi connectivity index (χ0v) is 15.0. The molecule has 1 heterocycles. The van der Waals surface area contributed by atoms with Crippen LogP contribution in [0, 0.1) is 30.1 Å². The molecule has 0 aliphatic heterocycles. The number of hydrogen-bond acceptors (Lipinski definition) is 3. The third kappa shape index (κ3) is 2.79. The third-order valence-electron chi connectivity index (χ3n) is 6.56. The van der Waals surface area contributed by atoms with Crippen molar-refractivity contribution in [2.75, 3.05) is 6.54 Å². The number of hydrogen-bond donors (Lipinski definition) is 1. The summed E-state index contributed by atoms with van der Waals surface area (Å²) < 4.78 is 5.64. The molecule has 3 aliphatic rings. The summed E-state index contributed by atoms with van der Waals surface area (Å²) in [6.45, 7) is 8.91. The fraction of sp³-hybridized carbons (Fsp3) is 0.571. The fourth-order valence-electron chi connectivity index (χ4n) is 4.81. The van der Waals surface area contributed by atoms with Crippen molar-refractivity contribution in [1.82, 2.24) is 10.3 Å². The molecule has 1 N–H and O–H groups in total. The molecule has 3 aliphatic carbocycles. The van der Waals surface area contributed by atoms with Gasteiger partial charge in [-0.1, -0.05) is 31.5 Å². The molecule has 1 aromatic heterocycles. The maximum atomic E-state index is 5.64. The van der Waals surface area contributed by atoms with Crippen molar-refractivity contribution in [3.8, 4) is 11.5 Å². The Kier molecular flexibility index (Phi) is 4.00. The van der Waals surface area contributed by atoms with E-state index in [1.165, 1.54) is 24.8 Å². The minimum absolute atomic E-state index is 0.567. The van der Waals surface area contributed by atoms with Gasteiger partial charge in [0.2, 0.25) is 5.89 Å². The molecule has 24 heavy (non-hydrogen) atoms. The van der Waals surface area contributed by atoms with Crippen LogP contribution in [0.2, 0.25) is 0 Å². The van der Waals surface area contributed by atoms with Gasteiger partial charge in [-0.2, -0.15) is 0 Å². The first-order chi connectivity index (χ1) is 11.5. The van der Waals surface area contributed by atoms with Crippen LogP contribution < -0.4 is 5.32 Å². The molecule has 3 heteroatoms. The molecule has 2 aromatic rings. The second-order valence-electron chi connectivity index (χ2n) is 8.34. The maximum Gasteiger partial charge on any atom is 0.226 e. The van der Waals surface area contributed by atoms with Gasteiger partial charge in [-0.25, -0.2) is 4.98 Å². The first-order valence-corrected chi connectivity index (χ1v) is 9.26. The van der Waals surface area contributed by atoms with Gasteiger partial charge in [0, 0.05) is 12.1 Å². The van der Waals surface area contributed by atoms with Crippen molar-refractivity contribution in [3.63, 3.8) is 0 Å². The van der Waals surface area contributed by atoms with Crippen LogP contribution in [0.4, 0.5) is 0 Å². The molecule has 5 rings (SSSR count). The lowest BCUT2D eigenvalue weighted by Crippen LogP contribution is -2.54. The number of rotatable bonds is 5. The summed E-state index contributed by atoms with van der Waals surface area (Å²) >= 11 is 0. The number of nitrogens with zero attached hydrogens (tertiary/aromatic N) is 1. The van der Waals surface area contributed by atoms with Crippen LogP contribution in [0.1, 0.15) is 44.4 Å². The first-order valence-electron chi connectivity index (χ1n) is 9.26. The Morgan fingerprint density at radius 1 is 1.21 bits per heavy atom. The summed E-state index contributed by atoms with van der Waals surface area (Å²) in [4.78, 5) is 4.62. The van der Waals surface area contributed by atoms with E-state index in [1.807, 2.05) is 0 Å². The Labute approximate surface area is 144 Å². The molecular weight excluding hydrogens is 296 g/mol. The Hall–Kier alpha value is -1.61. The van der Waals surface area contributed by atoms with E-state index in [9.17, 15) is 0 Å². The standard InChI is InChI=1S/C21H28N2O/c1-14-4-6-15(7-5-14)20-23-18(13-24-20)12-22-11-16-8-9-17-10-19(16)21(17,2)3/h4-7,13,16-17,19,22H,8-12H2,1-3H3/t16-,17-,19-/m0/s1. The number of oxazole rings is 1. The Morgan fingerprint density at radius 2 is 2.00 bits per heavy atom. The van der Waals surface area contributed by atoms with Crippen LogP contribution in [0.3, 0.4) is 0 Å². The van der Waals surface area contributed by atoms with Crippen LogP contribution in [0.5, 0.6) is 0 Å². The second kappa shape index (κ2) is 6.03. The molecule has 3 nitrogen and oxygen atoms in total. The van der Waals surface area contributed by atoms with Crippen LogP contribution in [-0.4, -0.2) is 11.5 Å². The fourth-order valence-corrected chi connectivity index (χ4v) is 4.81. The lowest BCUT2D eigenvalue weighted by Gasteiger charge is -2.60. The van der Waals surface area contributed by atoms with Crippen LogP contribution in [-0.2, 0) is 6.54 Å². The normalized spacial score (nSPS) is 27.7.